The van der Waals surface area contributed by atoms with Crippen molar-refractivity contribution in [3.05, 3.63) is 71.8 Å². The number of rotatable bonds is 4. The van der Waals surface area contributed by atoms with Gasteiger partial charge in [-0.3, -0.25) is 0 Å². The summed E-state index contributed by atoms with van der Waals surface area (Å²) >= 11 is 0. The number of aliphatic imine (C=N–C) groups is 2. The van der Waals surface area contributed by atoms with E-state index >= 15 is 0 Å². The van der Waals surface area contributed by atoms with Gasteiger partial charge in [0.1, 0.15) is 6.04 Å². The number of alkyl halides is 4. The SMILES string of the molecule is O=S(=O)(C1=NC(c2ccccc2)C(c2ccccc2)=N1)C(F)(F)C(F)F.[NaH]. The number of hydrogen-bond donors (Lipinski definition) is 0. The Hall–Kier alpha value is -1.55. The molecule has 1 heterocycles. The summed E-state index contributed by atoms with van der Waals surface area (Å²) in [5.74, 6) is 0. The average molecular weight is 408 g/mol. The fraction of sp³-hybridized carbons (Fsp3) is 0.176. The molecule has 1 atom stereocenters. The normalized spacial score (nSPS) is 17.3. The summed E-state index contributed by atoms with van der Waals surface area (Å²) in [6.45, 7) is 0. The zero-order chi connectivity index (χ0) is 18.9. The first-order chi connectivity index (χ1) is 12.2. The molecule has 0 radical (unpaired) electrons. The minimum atomic E-state index is -5.74. The molecule has 0 aromatic heterocycles. The van der Waals surface area contributed by atoms with Gasteiger partial charge in [0, 0.05) is 0 Å². The van der Waals surface area contributed by atoms with Gasteiger partial charge in [-0.25, -0.2) is 27.2 Å². The Labute approximate surface area is 175 Å². The van der Waals surface area contributed by atoms with E-state index in [0.29, 0.717) is 11.1 Å². The molecule has 0 N–H and O–H groups in total. The molecular weight excluding hydrogens is 395 g/mol. The third-order valence-corrected chi connectivity index (χ3v) is 5.32. The van der Waals surface area contributed by atoms with Crippen LogP contribution in [0, 0.1) is 0 Å². The van der Waals surface area contributed by atoms with Crippen molar-refractivity contribution >= 4 is 50.3 Å². The summed E-state index contributed by atoms with van der Waals surface area (Å²) < 4.78 is 76.2. The summed E-state index contributed by atoms with van der Waals surface area (Å²) in [5, 5.41) is -6.57. The molecule has 27 heavy (non-hydrogen) atoms. The van der Waals surface area contributed by atoms with E-state index in [1.54, 1.807) is 60.7 Å². The molecule has 138 valence electrons. The van der Waals surface area contributed by atoms with Crippen LogP contribution in [-0.2, 0) is 9.84 Å². The zero-order valence-electron chi connectivity index (χ0n) is 13.1. The van der Waals surface area contributed by atoms with E-state index in [-0.39, 0.29) is 35.3 Å². The van der Waals surface area contributed by atoms with Crippen LogP contribution in [0.2, 0.25) is 0 Å². The van der Waals surface area contributed by atoms with Gasteiger partial charge in [-0.1, -0.05) is 60.7 Å². The Morgan fingerprint density at radius 3 is 1.96 bits per heavy atom. The maximum atomic E-state index is 13.5. The Bertz CT molecular complexity index is 965. The third-order valence-electron chi connectivity index (χ3n) is 3.75. The molecule has 0 spiro atoms. The van der Waals surface area contributed by atoms with Gasteiger partial charge < -0.3 is 0 Å². The molecule has 0 amide bonds. The van der Waals surface area contributed by atoms with E-state index in [4.69, 9.17) is 0 Å². The van der Waals surface area contributed by atoms with Gasteiger partial charge in [0.15, 0.2) is 0 Å². The van der Waals surface area contributed by atoms with Crippen LogP contribution in [0.4, 0.5) is 17.6 Å². The van der Waals surface area contributed by atoms with Gasteiger partial charge in [0.2, 0.25) is 5.17 Å². The minimum absolute atomic E-state index is 0. The third kappa shape index (κ3) is 4.01. The van der Waals surface area contributed by atoms with Gasteiger partial charge in [0.05, 0.1) is 5.71 Å². The first-order valence-corrected chi connectivity index (χ1v) is 8.91. The number of amidine groups is 1. The maximum absolute atomic E-state index is 13.5. The molecule has 0 aliphatic carbocycles. The summed E-state index contributed by atoms with van der Waals surface area (Å²) in [4.78, 5) is 7.45. The van der Waals surface area contributed by atoms with Gasteiger partial charge in [-0.2, -0.15) is 8.78 Å². The van der Waals surface area contributed by atoms with Crippen molar-refractivity contribution in [3.8, 4) is 0 Å². The number of halogens is 4. The number of nitrogens with zero attached hydrogens (tertiary/aromatic N) is 2. The van der Waals surface area contributed by atoms with Crippen LogP contribution in [0.15, 0.2) is 70.6 Å². The van der Waals surface area contributed by atoms with Crippen molar-refractivity contribution in [2.75, 3.05) is 0 Å². The summed E-state index contributed by atoms with van der Waals surface area (Å²) in [5.41, 5.74) is 1.05. The molecule has 2 aromatic carbocycles. The van der Waals surface area contributed by atoms with E-state index in [1.807, 2.05) is 0 Å². The molecule has 0 fully saturated rings. The van der Waals surface area contributed by atoms with E-state index in [2.05, 4.69) is 9.98 Å². The van der Waals surface area contributed by atoms with E-state index in [0.717, 1.165) is 0 Å². The second-order valence-corrected chi connectivity index (χ2v) is 7.37. The molecular formula is C17H13F4N2NaO2S. The molecule has 10 heteroatoms. The number of benzene rings is 2. The van der Waals surface area contributed by atoms with Crippen molar-refractivity contribution in [1.82, 2.24) is 0 Å². The van der Waals surface area contributed by atoms with E-state index in [1.165, 1.54) is 0 Å². The summed E-state index contributed by atoms with van der Waals surface area (Å²) in [6.07, 6.45) is -4.39. The molecule has 3 rings (SSSR count). The first kappa shape index (κ1) is 21.7. The molecule has 4 nitrogen and oxygen atoms in total. The van der Waals surface area contributed by atoms with Crippen LogP contribution in [0.25, 0.3) is 0 Å². The van der Waals surface area contributed by atoms with Crippen molar-refractivity contribution in [1.29, 1.82) is 0 Å². The first-order valence-electron chi connectivity index (χ1n) is 7.42. The Morgan fingerprint density at radius 2 is 1.44 bits per heavy atom. The predicted molar refractivity (Wildman–Crippen MR) is 96.6 cm³/mol. The van der Waals surface area contributed by atoms with Crippen LogP contribution in [0.3, 0.4) is 0 Å². The molecule has 1 unspecified atom stereocenters. The molecule has 1 aliphatic rings. The number of hydrogen-bond acceptors (Lipinski definition) is 4. The van der Waals surface area contributed by atoms with Gasteiger partial charge in [-0.05, 0) is 11.1 Å². The van der Waals surface area contributed by atoms with Crippen molar-refractivity contribution < 1.29 is 26.0 Å². The van der Waals surface area contributed by atoms with Crippen LogP contribution in [0.1, 0.15) is 17.2 Å². The average Bonchev–Trinajstić information content (AvgIpc) is 3.09. The standard InChI is InChI=1S/C17H12F4N2O2S.Na.H/c18-15(19)17(20,21)26(24,25)16-22-13(11-7-3-1-4-8-11)14(23-16)12-9-5-2-6-10-12;;/h1-10,13,15H;;. The monoisotopic (exact) mass is 408 g/mol. The van der Waals surface area contributed by atoms with Gasteiger partial charge in [-0.15, -0.1) is 0 Å². The van der Waals surface area contributed by atoms with Crippen molar-refractivity contribution in [2.24, 2.45) is 9.98 Å². The summed E-state index contributed by atoms with van der Waals surface area (Å²) in [6, 6.07) is 15.5. The topological polar surface area (TPSA) is 58.9 Å². The van der Waals surface area contributed by atoms with Gasteiger partial charge >= 0.3 is 41.2 Å². The second kappa shape index (κ2) is 8.22. The van der Waals surface area contributed by atoms with Crippen molar-refractivity contribution in [3.63, 3.8) is 0 Å². The van der Waals surface area contributed by atoms with Crippen molar-refractivity contribution in [2.45, 2.75) is 17.7 Å². The predicted octanol–water partition coefficient (Wildman–Crippen LogP) is 3.21. The zero-order valence-corrected chi connectivity index (χ0v) is 13.9. The quantitative estimate of drug-likeness (QED) is 0.576. The van der Waals surface area contributed by atoms with Gasteiger partial charge in [0.25, 0.3) is 9.84 Å². The fourth-order valence-electron chi connectivity index (χ4n) is 2.43. The fourth-order valence-corrected chi connectivity index (χ4v) is 3.37. The Morgan fingerprint density at radius 1 is 0.926 bits per heavy atom. The van der Waals surface area contributed by atoms with Crippen LogP contribution in [0.5, 0.6) is 0 Å². The van der Waals surface area contributed by atoms with Crippen LogP contribution < -0.4 is 0 Å². The van der Waals surface area contributed by atoms with E-state index < -0.39 is 32.7 Å². The molecule has 2 aromatic rings. The Balaban J connectivity index is 0.00000261. The molecule has 0 bridgehead atoms. The van der Waals surface area contributed by atoms with Crippen LogP contribution in [-0.4, -0.2) is 60.5 Å². The summed E-state index contributed by atoms with van der Waals surface area (Å²) in [7, 11) is -5.74. The van der Waals surface area contributed by atoms with E-state index in [9.17, 15) is 26.0 Å². The molecule has 0 saturated heterocycles. The molecule has 1 aliphatic heterocycles. The Kier molecular flexibility index (Phi) is 6.62. The molecule has 0 saturated carbocycles. The van der Waals surface area contributed by atoms with Crippen LogP contribution >= 0.6 is 0 Å². The second-order valence-electron chi connectivity index (χ2n) is 5.45. The number of sulfone groups is 1.